The van der Waals surface area contributed by atoms with Crippen LogP contribution in [-0.2, 0) is 20.8 Å². The summed E-state index contributed by atoms with van der Waals surface area (Å²) in [6, 6.07) is 11.5. The van der Waals surface area contributed by atoms with Gasteiger partial charge in [-0.25, -0.2) is 4.39 Å². The van der Waals surface area contributed by atoms with E-state index in [0.717, 1.165) is 24.0 Å². The Morgan fingerprint density at radius 3 is 2.27 bits per heavy atom. The number of likely N-dealkylation sites (tertiary alicyclic amines) is 2. The lowest BCUT2D eigenvalue weighted by atomic mass is 9.93. The van der Waals surface area contributed by atoms with E-state index >= 15 is 0 Å². The second-order valence-corrected chi connectivity index (χ2v) is 12.7. The second kappa shape index (κ2) is 11.7. The lowest BCUT2D eigenvalue weighted by molar-refractivity contribution is -0.142. The van der Waals surface area contributed by atoms with E-state index in [2.05, 4.69) is 0 Å². The number of halogens is 3. The third kappa shape index (κ3) is 6.15. The van der Waals surface area contributed by atoms with Crippen molar-refractivity contribution in [1.82, 2.24) is 14.7 Å². The number of benzene rings is 2. The maximum atomic E-state index is 13.7. The number of piperidine rings is 1. The molecule has 2 aromatic rings. The highest BCUT2D eigenvalue weighted by molar-refractivity contribution is 6.42. The average molecular weight is 589 g/mol. The first-order valence-corrected chi connectivity index (χ1v) is 14.8. The number of aryl methyl sites for hydroxylation is 1. The molecular weight excluding hydrogens is 552 g/mol. The first-order valence-electron chi connectivity index (χ1n) is 14.1. The zero-order chi connectivity index (χ0) is 28.6. The molecule has 0 unspecified atom stereocenters. The summed E-state index contributed by atoms with van der Waals surface area (Å²) in [5.41, 5.74) is 1.64. The highest BCUT2D eigenvalue weighted by Gasteiger charge is 2.48. The van der Waals surface area contributed by atoms with Crippen LogP contribution in [-0.4, -0.2) is 71.7 Å². The summed E-state index contributed by atoms with van der Waals surface area (Å²) in [5, 5.41) is 0.896. The predicted molar refractivity (Wildman–Crippen MR) is 154 cm³/mol. The van der Waals surface area contributed by atoms with Crippen LogP contribution >= 0.6 is 23.2 Å². The number of amides is 3. The van der Waals surface area contributed by atoms with Gasteiger partial charge in [0.1, 0.15) is 5.82 Å². The Labute approximate surface area is 245 Å². The van der Waals surface area contributed by atoms with Gasteiger partial charge in [0.15, 0.2) is 0 Å². The van der Waals surface area contributed by atoms with Crippen molar-refractivity contribution in [1.29, 1.82) is 0 Å². The molecule has 0 aromatic heterocycles. The van der Waals surface area contributed by atoms with Crippen molar-refractivity contribution < 1.29 is 18.8 Å². The Bertz CT molecular complexity index is 1280. The molecule has 2 aromatic carbocycles. The number of nitrogens with zero attached hydrogens (tertiary/aromatic N) is 3. The van der Waals surface area contributed by atoms with E-state index in [1.54, 1.807) is 30.1 Å². The van der Waals surface area contributed by atoms with Gasteiger partial charge in [-0.15, -0.1) is 0 Å². The maximum absolute atomic E-state index is 13.7. The standard InChI is InChI=1S/C31H36Cl2FN3O3/c1-31(13-14-31)30(40)36-15-11-21(12-16-36)29(39)37-18-24(22-6-9-25(32)26(33)17-22)27(19-37)35(2)28(38)10-5-20-3-7-23(34)8-4-20/h3-4,6-9,17,21,24,27H,5,10-16,18-19H2,1-2H3/t24-,27+/m0/s1. The molecule has 1 saturated carbocycles. The molecule has 0 radical (unpaired) electrons. The number of rotatable bonds is 7. The van der Waals surface area contributed by atoms with Gasteiger partial charge >= 0.3 is 0 Å². The zero-order valence-corrected chi connectivity index (χ0v) is 24.6. The normalized spacial score (nSPS) is 22.3. The van der Waals surface area contributed by atoms with E-state index in [4.69, 9.17) is 23.2 Å². The van der Waals surface area contributed by atoms with Crippen molar-refractivity contribution in [2.24, 2.45) is 11.3 Å². The predicted octanol–water partition coefficient (Wildman–Crippen LogP) is 5.56. The highest BCUT2D eigenvalue weighted by Crippen LogP contribution is 2.47. The first kappa shape index (κ1) is 28.9. The van der Waals surface area contributed by atoms with Crippen LogP contribution in [0.3, 0.4) is 0 Å². The molecular formula is C31H36Cl2FN3O3. The van der Waals surface area contributed by atoms with E-state index < -0.39 is 0 Å². The van der Waals surface area contributed by atoms with Crippen LogP contribution in [0.1, 0.15) is 56.1 Å². The summed E-state index contributed by atoms with van der Waals surface area (Å²) in [6.45, 7) is 4.16. The summed E-state index contributed by atoms with van der Waals surface area (Å²) >= 11 is 12.5. The molecule has 3 fully saturated rings. The van der Waals surface area contributed by atoms with E-state index in [0.29, 0.717) is 55.5 Å². The third-order valence-corrected chi connectivity index (χ3v) is 9.79. The van der Waals surface area contributed by atoms with Gasteiger partial charge in [-0.1, -0.05) is 48.3 Å². The molecule has 2 aliphatic heterocycles. The second-order valence-electron chi connectivity index (χ2n) is 11.8. The van der Waals surface area contributed by atoms with Gasteiger partial charge < -0.3 is 14.7 Å². The molecule has 3 amide bonds. The van der Waals surface area contributed by atoms with Crippen molar-refractivity contribution in [3.05, 3.63) is 69.5 Å². The highest BCUT2D eigenvalue weighted by atomic mass is 35.5. The molecule has 40 heavy (non-hydrogen) atoms. The lowest BCUT2D eigenvalue weighted by Gasteiger charge is -2.34. The molecule has 9 heteroatoms. The molecule has 0 bridgehead atoms. The van der Waals surface area contributed by atoms with Crippen LogP contribution in [0.5, 0.6) is 0 Å². The molecule has 5 rings (SSSR count). The SMILES string of the molecule is CN(C(=O)CCc1ccc(F)cc1)[C@@H]1CN(C(=O)C2CCN(C(=O)C3(C)CC3)CC2)C[C@H]1c1ccc(Cl)c(Cl)c1. The first-order chi connectivity index (χ1) is 19.1. The van der Waals surface area contributed by atoms with Crippen molar-refractivity contribution in [3.63, 3.8) is 0 Å². The molecule has 0 spiro atoms. The Kier molecular flexibility index (Phi) is 8.44. The Morgan fingerprint density at radius 2 is 1.65 bits per heavy atom. The van der Waals surface area contributed by atoms with Crippen LogP contribution in [0, 0.1) is 17.2 Å². The zero-order valence-electron chi connectivity index (χ0n) is 23.0. The Morgan fingerprint density at radius 1 is 0.975 bits per heavy atom. The minimum atomic E-state index is -0.304. The average Bonchev–Trinajstić information content (AvgIpc) is 3.56. The number of carbonyl (C=O) groups is 3. The van der Waals surface area contributed by atoms with Crippen molar-refractivity contribution in [3.8, 4) is 0 Å². The Balaban J connectivity index is 1.27. The van der Waals surface area contributed by atoms with Gasteiger partial charge in [0.2, 0.25) is 17.7 Å². The van der Waals surface area contributed by atoms with Crippen LogP contribution in [0.25, 0.3) is 0 Å². The maximum Gasteiger partial charge on any atom is 0.228 e. The minimum absolute atomic E-state index is 0.0333. The van der Waals surface area contributed by atoms with Crippen molar-refractivity contribution in [2.75, 3.05) is 33.2 Å². The monoisotopic (exact) mass is 587 g/mol. The molecule has 214 valence electrons. The fraction of sp³-hybridized carbons (Fsp3) is 0.516. The van der Waals surface area contributed by atoms with Gasteiger partial charge in [-0.3, -0.25) is 14.4 Å². The van der Waals surface area contributed by atoms with E-state index in [1.165, 1.54) is 12.1 Å². The number of hydrogen-bond acceptors (Lipinski definition) is 3. The summed E-state index contributed by atoms with van der Waals surface area (Å²) in [7, 11) is 1.79. The third-order valence-electron chi connectivity index (χ3n) is 9.05. The molecule has 6 nitrogen and oxygen atoms in total. The minimum Gasteiger partial charge on any atom is -0.342 e. The molecule has 0 N–H and O–H groups in total. The summed E-state index contributed by atoms with van der Waals surface area (Å²) in [6.07, 6.45) is 4.01. The van der Waals surface area contributed by atoms with Gasteiger partial charge in [-0.05, 0) is 67.5 Å². The van der Waals surface area contributed by atoms with Crippen LogP contribution in [0.4, 0.5) is 4.39 Å². The quantitative estimate of drug-likeness (QED) is 0.426. The van der Waals surface area contributed by atoms with Crippen LogP contribution in [0.15, 0.2) is 42.5 Å². The van der Waals surface area contributed by atoms with E-state index in [1.807, 2.05) is 28.9 Å². The number of hydrogen-bond donors (Lipinski definition) is 0. The molecule has 2 atom stereocenters. The molecule has 2 heterocycles. The molecule has 2 saturated heterocycles. The topological polar surface area (TPSA) is 60.9 Å². The molecule has 3 aliphatic rings. The smallest absolute Gasteiger partial charge is 0.228 e. The summed E-state index contributed by atoms with van der Waals surface area (Å²) in [4.78, 5) is 45.3. The Hall–Kier alpha value is -2.64. The number of carbonyl (C=O) groups excluding carboxylic acids is 3. The van der Waals surface area contributed by atoms with Gasteiger partial charge in [0.05, 0.1) is 16.1 Å². The van der Waals surface area contributed by atoms with E-state index in [-0.39, 0.29) is 53.3 Å². The van der Waals surface area contributed by atoms with Gasteiger partial charge in [0, 0.05) is 56.9 Å². The summed E-state index contributed by atoms with van der Waals surface area (Å²) in [5.74, 6) is -0.279. The molecule has 1 aliphatic carbocycles. The fourth-order valence-corrected chi connectivity index (χ4v) is 6.37. The fourth-order valence-electron chi connectivity index (χ4n) is 6.06. The number of likely N-dealkylation sites (N-methyl/N-ethyl adjacent to an activating group) is 1. The van der Waals surface area contributed by atoms with Gasteiger partial charge in [-0.2, -0.15) is 0 Å². The van der Waals surface area contributed by atoms with Crippen molar-refractivity contribution in [2.45, 2.75) is 57.4 Å². The largest absolute Gasteiger partial charge is 0.342 e. The van der Waals surface area contributed by atoms with Crippen molar-refractivity contribution >= 4 is 40.9 Å². The van der Waals surface area contributed by atoms with Gasteiger partial charge in [0.25, 0.3) is 0 Å². The van der Waals surface area contributed by atoms with Crippen LogP contribution < -0.4 is 0 Å². The van der Waals surface area contributed by atoms with Crippen LogP contribution in [0.2, 0.25) is 10.0 Å². The lowest BCUT2D eigenvalue weighted by Crippen LogP contribution is -2.46. The van der Waals surface area contributed by atoms with E-state index in [9.17, 15) is 18.8 Å². The summed E-state index contributed by atoms with van der Waals surface area (Å²) < 4.78 is 13.3.